The number of carbonyl (C=O) groups is 1. The number of hydrogen-bond acceptors (Lipinski definition) is 9. The number of anilines is 1. The van der Waals surface area contributed by atoms with Gasteiger partial charge in [-0.1, -0.05) is 54.6 Å². The standard InChI is InChI=1S/C33H40N5O6P/c1-7-41-20-29-36-30-31(26-16-10-11-17-27(26)35-32(30)34)38(29)19-22(4)43-45(40,37(6)23(5)33(39)42-21(2)3)44-28-18-12-14-24-13-8-9-15-25(24)28/h8-18,21-23H,7,19-20H2,1-6H3,(H2,34,35)/t22-,23-,45-/m0/s1. The number of nitrogens with two attached hydrogens (primary N) is 1. The first-order valence-electron chi connectivity index (χ1n) is 15.0. The SMILES string of the molecule is CCOCc1nc2c(N)nc3ccccc3c2n1C[C@H](C)O[P@](=O)(Oc1cccc2ccccc12)N(C)[C@@H](C)C(=O)OC(C)C. The van der Waals surface area contributed by atoms with Gasteiger partial charge >= 0.3 is 13.7 Å². The molecule has 0 radical (unpaired) electrons. The molecule has 5 rings (SSSR count). The topological polar surface area (TPSA) is 131 Å². The second-order valence-corrected chi connectivity index (χ2v) is 13.1. The Morgan fingerprint density at radius 2 is 1.67 bits per heavy atom. The van der Waals surface area contributed by atoms with Crippen LogP contribution >= 0.6 is 7.75 Å². The largest absolute Gasteiger partial charge is 0.462 e. The number of likely N-dealkylation sites (N-methyl/N-ethyl adjacent to an activating group) is 1. The van der Waals surface area contributed by atoms with Crippen LogP contribution in [0.4, 0.5) is 5.82 Å². The third kappa shape index (κ3) is 6.82. The molecule has 0 saturated carbocycles. The number of nitrogen functional groups attached to an aromatic ring is 1. The number of carbonyl (C=O) groups excluding carboxylic acids is 1. The van der Waals surface area contributed by atoms with Crippen LogP contribution in [0.5, 0.6) is 5.75 Å². The number of aromatic nitrogens is 3. The maximum atomic E-state index is 14.9. The molecule has 2 N–H and O–H groups in total. The van der Waals surface area contributed by atoms with Crippen molar-refractivity contribution in [3.05, 3.63) is 72.6 Å². The summed E-state index contributed by atoms with van der Waals surface area (Å²) >= 11 is 0. The summed E-state index contributed by atoms with van der Waals surface area (Å²) in [5.74, 6) is 0.754. The summed E-state index contributed by atoms with van der Waals surface area (Å²) in [6.45, 7) is 9.80. The van der Waals surface area contributed by atoms with Crippen molar-refractivity contribution in [3.8, 4) is 5.75 Å². The number of pyridine rings is 1. The Morgan fingerprint density at radius 1 is 0.978 bits per heavy atom. The fourth-order valence-corrected chi connectivity index (χ4v) is 6.95. The van der Waals surface area contributed by atoms with E-state index in [1.54, 1.807) is 33.8 Å². The Kier molecular flexibility index (Phi) is 9.74. The van der Waals surface area contributed by atoms with Gasteiger partial charge in [0.05, 0.1) is 29.8 Å². The minimum absolute atomic E-state index is 0.230. The summed E-state index contributed by atoms with van der Waals surface area (Å²) < 4.78 is 42.0. The van der Waals surface area contributed by atoms with Crippen LogP contribution in [-0.4, -0.2) is 57.1 Å². The van der Waals surface area contributed by atoms with E-state index in [1.165, 1.54) is 11.7 Å². The highest BCUT2D eigenvalue weighted by Crippen LogP contribution is 2.54. The van der Waals surface area contributed by atoms with Gasteiger partial charge in [0, 0.05) is 17.4 Å². The number of nitrogens with zero attached hydrogens (tertiary/aromatic N) is 4. The molecule has 2 heterocycles. The van der Waals surface area contributed by atoms with Crippen molar-refractivity contribution in [2.24, 2.45) is 0 Å². The lowest BCUT2D eigenvalue weighted by Crippen LogP contribution is -2.38. The summed E-state index contributed by atoms with van der Waals surface area (Å²) in [4.78, 5) is 22.3. The van der Waals surface area contributed by atoms with Crippen molar-refractivity contribution >= 4 is 52.2 Å². The molecule has 0 aliphatic heterocycles. The average molecular weight is 634 g/mol. The highest BCUT2D eigenvalue weighted by Gasteiger charge is 2.41. The second kappa shape index (κ2) is 13.5. The molecular weight excluding hydrogens is 593 g/mol. The van der Waals surface area contributed by atoms with Gasteiger partial charge in [-0.3, -0.25) is 9.32 Å². The van der Waals surface area contributed by atoms with E-state index in [0.717, 1.165) is 27.2 Å². The van der Waals surface area contributed by atoms with Crippen molar-refractivity contribution in [1.82, 2.24) is 19.2 Å². The first-order chi connectivity index (χ1) is 21.5. The number of fused-ring (bicyclic) bond motifs is 4. The highest BCUT2D eigenvalue weighted by atomic mass is 31.2. The van der Waals surface area contributed by atoms with Gasteiger partial charge in [-0.2, -0.15) is 4.67 Å². The van der Waals surface area contributed by atoms with Crippen LogP contribution in [0.15, 0.2) is 66.7 Å². The van der Waals surface area contributed by atoms with Gasteiger partial charge in [-0.15, -0.1) is 0 Å². The number of para-hydroxylation sites is 1. The van der Waals surface area contributed by atoms with Crippen LogP contribution in [0.25, 0.3) is 32.7 Å². The van der Waals surface area contributed by atoms with Gasteiger partial charge in [0.2, 0.25) is 0 Å². The molecule has 0 aliphatic rings. The smallest absolute Gasteiger partial charge is 0.462 e. The third-order valence-corrected chi connectivity index (χ3v) is 9.65. The van der Waals surface area contributed by atoms with Gasteiger partial charge in [0.25, 0.3) is 0 Å². The van der Waals surface area contributed by atoms with Gasteiger partial charge < -0.3 is 24.3 Å². The predicted molar refractivity (Wildman–Crippen MR) is 176 cm³/mol. The summed E-state index contributed by atoms with van der Waals surface area (Å²) in [5.41, 5.74) is 8.41. The molecule has 11 nitrogen and oxygen atoms in total. The Labute approximate surface area is 262 Å². The monoisotopic (exact) mass is 633 g/mol. The molecule has 0 bridgehead atoms. The minimum atomic E-state index is -4.19. The maximum Gasteiger partial charge on any atom is 0.462 e. The summed E-state index contributed by atoms with van der Waals surface area (Å²) in [7, 11) is -2.65. The second-order valence-electron chi connectivity index (χ2n) is 11.2. The van der Waals surface area contributed by atoms with Crippen molar-refractivity contribution in [2.75, 3.05) is 19.4 Å². The van der Waals surface area contributed by atoms with Crippen molar-refractivity contribution < 1.29 is 27.9 Å². The fourth-order valence-electron chi connectivity index (χ4n) is 5.18. The molecule has 238 valence electrons. The number of benzene rings is 3. The Morgan fingerprint density at radius 3 is 2.40 bits per heavy atom. The lowest BCUT2D eigenvalue weighted by molar-refractivity contribution is -0.151. The fraction of sp³-hybridized carbons (Fsp3) is 0.364. The van der Waals surface area contributed by atoms with Crippen molar-refractivity contribution in [2.45, 2.75) is 66.0 Å². The summed E-state index contributed by atoms with van der Waals surface area (Å²) in [6.07, 6.45) is -1.03. The highest BCUT2D eigenvalue weighted by molar-refractivity contribution is 7.51. The molecular formula is C33H40N5O6P. The summed E-state index contributed by atoms with van der Waals surface area (Å²) in [6, 6.07) is 19.9. The first-order valence-corrected chi connectivity index (χ1v) is 16.5. The molecule has 0 aliphatic carbocycles. The van der Waals surface area contributed by atoms with E-state index in [1.807, 2.05) is 72.2 Å². The lowest BCUT2D eigenvalue weighted by Gasteiger charge is -2.33. The zero-order valence-corrected chi connectivity index (χ0v) is 27.4. The van der Waals surface area contributed by atoms with Gasteiger partial charge in [-0.05, 0) is 59.2 Å². The van der Waals surface area contributed by atoms with Gasteiger partial charge in [0.15, 0.2) is 5.82 Å². The number of hydrogen-bond donors (Lipinski definition) is 1. The molecule has 0 spiro atoms. The minimum Gasteiger partial charge on any atom is -0.462 e. The molecule has 12 heteroatoms. The van der Waals surface area contributed by atoms with E-state index in [9.17, 15) is 9.36 Å². The van der Waals surface area contributed by atoms with Crippen LogP contribution in [0, 0.1) is 0 Å². The normalized spacial score (nSPS) is 14.7. The maximum absolute atomic E-state index is 14.9. The quantitative estimate of drug-likeness (QED) is 0.110. The molecule has 0 fully saturated rings. The number of imidazole rings is 1. The van der Waals surface area contributed by atoms with E-state index in [-0.39, 0.29) is 19.3 Å². The van der Waals surface area contributed by atoms with Crippen LogP contribution in [0.2, 0.25) is 0 Å². The van der Waals surface area contributed by atoms with E-state index >= 15 is 0 Å². The van der Waals surface area contributed by atoms with Crippen molar-refractivity contribution in [1.29, 1.82) is 0 Å². The Bertz CT molecular complexity index is 1870. The van der Waals surface area contributed by atoms with E-state index in [2.05, 4.69) is 4.98 Å². The lowest BCUT2D eigenvalue weighted by atomic mass is 10.1. The molecule has 0 saturated heterocycles. The predicted octanol–water partition coefficient (Wildman–Crippen LogP) is 6.72. The first kappa shape index (κ1) is 32.4. The Balaban J connectivity index is 1.55. The zero-order valence-electron chi connectivity index (χ0n) is 26.5. The third-order valence-electron chi connectivity index (χ3n) is 7.48. The number of rotatable bonds is 13. The molecule has 0 amide bonds. The zero-order chi connectivity index (χ0) is 32.3. The average Bonchev–Trinajstić information content (AvgIpc) is 3.37. The van der Waals surface area contributed by atoms with E-state index in [0.29, 0.717) is 29.5 Å². The summed E-state index contributed by atoms with van der Waals surface area (Å²) in [5, 5.41) is 2.53. The number of ether oxygens (including phenoxy) is 2. The molecule has 3 aromatic carbocycles. The molecule has 3 atom stereocenters. The van der Waals surface area contributed by atoms with Crippen LogP contribution in [0.3, 0.4) is 0 Å². The van der Waals surface area contributed by atoms with Crippen molar-refractivity contribution in [3.63, 3.8) is 0 Å². The van der Waals surface area contributed by atoms with Crippen LogP contribution < -0.4 is 10.3 Å². The van der Waals surface area contributed by atoms with Gasteiger partial charge in [0.1, 0.15) is 29.7 Å². The van der Waals surface area contributed by atoms with Gasteiger partial charge in [-0.25, -0.2) is 14.5 Å². The van der Waals surface area contributed by atoms with Crippen LogP contribution in [0.1, 0.15) is 40.4 Å². The van der Waals surface area contributed by atoms with E-state index < -0.39 is 25.9 Å². The Hall–Kier alpha value is -4.02. The molecule has 5 aromatic rings. The number of esters is 1. The molecule has 45 heavy (non-hydrogen) atoms. The molecule has 2 aromatic heterocycles. The van der Waals surface area contributed by atoms with Crippen LogP contribution in [-0.2, 0) is 36.5 Å². The van der Waals surface area contributed by atoms with E-state index in [4.69, 9.17) is 29.2 Å². The molecule has 0 unspecified atom stereocenters.